The van der Waals surface area contributed by atoms with Gasteiger partial charge in [-0.25, -0.2) is 8.78 Å². The molecule has 3 rings (SSSR count). The summed E-state index contributed by atoms with van der Waals surface area (Å²) in [6.07, 6.45) is 1.40. The highest BCUT2D eigenvalue weighted by atomic mass is 19.1. The van der Waals surface area contributed by atoms with Crippen LogP contribution in [0.2, 0.25) is 0 Å². The molecule has 0 radical (unpaired) electrons. The number of rotatable bonds is 4. The maximum absolute atomic E-state index is 13.7. The van der Waals surface area contributed by atoms with Crippen molar-refractivity contribution >= 4 is 11.5 Å². The van der Waals surface area contributed by atoms with Crippen LogP contribution in [0, 0.1) is 11.6 Å². The summed E-state index contributed by atoms with van der Waals surface area (Å²) < 4.78 is 26.8. The maximum Gasteiger partial charge on any atom is 0.147 e. The molecule has 0 aliphatic heterocycles. The molecule has 0 atom stereocenters. The standard InChI is InChI=1S/C17H15F2NO/c18-13-3-6-15(19)11(9-13)10-16(21)17(7-8-17)12-1-4-14(20)5-2-12/h1-6,9H,7-8,10,20H2. The van der Waals surface area contributed by atoms with Gasteiger partial charge in [-0.05, 0) is 54.3 Å². The number of ketones is 1. The van der Waals surface area contributed by atoms with Gasteiger partial charge >= 0.3 is 0 Å². The Morgan fingerprint density at radius 3 is 2.38 bits per heavy atom. The quantitative estimate of drug-likeness (QED) is 0.876. The van der Waals surface area contributed by atoms with Crippen molar-refractivity contribution < 1.29 is 13.6 Å². The van der Waals surface area contributed by atoms with Crippen LogP contribution in [0.1, 0.15) is 24.0 Å². The zero-order valence-corrected chi connectivity index (χ0v) is 11.4. The minimum atomic E-state index is -0.549. The van der Waals surface area contributed by atoms with E-state index in [4.69, 9.17) is 5.73 Å². The monoisotopic (exact) mass is 287 g/mol. The molecule has 2 aromatic carbocycles. The fourth-order valence-electron chi connectivity index (χ4n) is 2.68. The molecule has 0 aromatic heterocycles. The molecule has 1 fully saturated rings. The van der Waals surface area contributed by atoms with E-state index in [1.54, 1.807) is 12.1 Å². The van der Waals surface area contributed by atoms with Gasteiger partial charge in [0.25, 0.3) is 0 Å². The highest BCUT2D eigenvalue weighted by Crippen LogP contribution is 2.49. The number of hydrogen-bond acceptors (Lipinski definition) is 2. The predicted molar refractivity (Wildman–Crippen MR) is 76.8 cm³/mol. The Labute approximate surface area is 121 Å². The molecule has 4 heteroatoms. The van der Waals surface area contributed by atoms with Gasteiger partial charge in [0.05, 0.1) is 5.41 Å². The number of nitrogen functional groups attached to an aromatic ring is 1. The van der Waals surface area contributed by atoms with Crippen molar-refractivity contribution in [2.45, 2.75) is 24.7 Å². The third-order valence-electron chi connectivity index (χ3n) is 4.11. The topological polar surface area (TPSA) is 43.1 Å². The lowest BCUT2D eigenvalue weighted by atomic mass is 9.88. The Balaban J connectivity index is 1.85. The van der Waals surface area contributed by atoms with Crippen LogP contribution in [0.4, 0.5) is 14.5 Å². The third kappa shape index (κ3) is 2.53. The summed E-state index contributed by atoms with van der Waals surface area (Å²) >= 11 is 0. The lowest BCUT2D eigenvalue weighted by Crippen LogP contribution is -2.23. The van der Waals surface area contributed by atoms with Crippen molar-refractivity contribution in [1.82, 2.24) is 0 Å². The molecule has 0 heterocycles. The molecule has 0 bridgehead atoms. The van der Waals surface area contributed by atoms with Gasteiger partial charge in [0.15, 0.2) is 0 Å². The second kappa shape index (κ2) is 4.95. The molecule has 2 N–H and O–H groups in total. The summed E-state index contributed by atoms with van der Waals surface area (Å²) in [5.41, 5.74) is 6.75. The van der Waals surface area contributed by atoms with Gasteiger partial charge in [-0.1, -0.05) is 12.1 Å². The second-order valence-electron chi connectivity index (χ2n) is 5.54. The molecule has 1 saturated carbocycles. The molecular formula is C17H15F2NO. The molecule has 0 saturated heterocycles. The summed E-state index contributed by atoms with van der Waals surface area (Å²) in [6.45, 7) is 0. The van der Waals surface area contributed by atoms with Crippen molar-refractivity contribution in [3.63, 3.8) is 0 Å². The highest BCUT2D eigenvalue weighted by molar-refractivity contribution is 5.94. The second-order valence-corrected chi connectivity index (χ2v) is 5.54. The number of carbonyl (C=O) groups excluding carboxylic acids is 1. The molecule has 21 heavy (non-hydrogen) atoms. The van der Waals surface area contributed by atoms with Gasteiger partial charge in [-0.15, -0.1) is 0 Å². The highest BCUT2D eigenvalue weighted by Gasteiger charge is 2.50. The average Bonchev–Trinajstić information content (AvgIpc) is 3.25. The van der Waals surface area contributed by atoms with E-state index in [2.05, 4.69) is 0 Å². The van der Waals surface area contributed by atoms with Gasteiger partial charge in [-0.3, -0.25) is 4.79 Å². The van der Waals surface area contributed by atoms with E-state index in [0.29, 0.717) is 5.69 Å². The van der Waals surface area contributed by atoms with E-state index in [9.17, 15) is 13.6 Å². The average molecular weight is 287 g/mol. The van der Waals surface area contributed by atoms with E-state index < -0.39 is 17.0 Å². The van der Waals surface area contributed by atoms with Crippen molar-refractivity contribution in [3.8, 4) is 0 Å². The van der Waals surface area contributed by atoms with Crippen molar-refractivity contribution in [3.05, 3.63) is 65.2 Å². The van der Waals surface area contributed by atoms with Crippen molar-refractivity contribution in [1.29, 1.82) is 0 Å². The number of halogens is 2. The smallest absolute Gasteiger partial charge is 0.147 e. The SMILES string of the molecule is Nc1ccc(C2(C(=O)Cc3cc(F)ccc3F)CC2)cc1. The largest absolute Gasteiger partial charge is 0.399 e. The minimum Gasteiger partial charge on any atom is -0.399 e. The Kier molecular flexibility index (Phi) is 3.24. The summed E-state index contributed by atoms with van der Waals surface area (Å²) in [5, 5.41) is 0. The normalized spacial score (nSPS) is 15.7. The van der Waals surface area contributed by atoms with Gasteiger partial charge in [0, 0.05) is 12.1 Å². The number of benzene rings is 2. The van der Waals surface area contributed by atoms with Gasteiger partial charge in [0.2, 0.25) is 0 Å². The van der Waals surface area contributed by atoms with E-state index in [-0.39, 0.29) is 17.8 Å². The first kappa shape index (κ1) is 13.7. The Bertz CT molecular complexity index is 690. The van der Waals surface area contributed by atoms with E-state index in [0.717, 1.165) is 36.6 Å². The Morgan fingerprint density at radius 2 is 1.76 bits per heavy atom. The molecule has 2 aromatic rings. The first-order valence-electron chi connectivity index (χ1n) is 6.84. The van der Waals surface area contributed by atoms with E-state index in [1.165, 1.54) is 0 Å². The summed E-state index contributed by atoms with van der Waals surface area (Å²) in [7, 11) is 0. The molecule has 0 spiro atoms. The van der Waals surface area contributed by atoms with Crippen LogP contribution in [0.25, 0.3) is 0 Å². The van der Waals surface area contributed by atoms with E-state index in [1.807, 2.05) is 12.1 Å². The minimum absolute atomic E-state index is 0.0724. The van der Waals surface area contributed by atoms with Gasteiger partial charge in [0.1, 0.15) is 17.4 Å². The van der Waals surface area contributed by atoms with Gasteiger partial charge < -0.3 is 5.73 Å². The molecule has 1 aliphatic rings. The van der Waals surface area contributed by atoms with Crippen LogP contribution in [0.15, 0.2) is 42.5 Å². The van der Waals surface area contributed by atoms with Gasteiger partial charge in [-0.2, -0.15) is 0 Å². The maximum atomic E-state index is 13.7. The zero-order valence-electron chi connectivity index (χ0n) is 11.4. The van der Waals surface area contributed by atoms with Crippen LogP contribution < -0.4 is 5.73 Å². The van der Waals surface area contributed by atoms with Crippen molar-refractivity contribution in [2.24, 2.45) is 0 Å². The van der Waals surface area contributed by atoms with Crippen LogP contribution in [0.3, 0.4) is 0 Å². The number of hydrogen-bond donors (Lipinski definition) is 1. The number of carbonyl (C=O) groups is 1. The number of anilines is 1. The Morgan fingerprint density at radius 1 is 1.10 bits per heavy atom. The summed E-state index contributed by atoms with van der Waals surface area (Å²) in [4.78, 5) is 12.5. The molecule has 1 aliphatic carbocycles. The van der Waals surface area contributed by atoms with Crippen LogP contribution in [0.5, 0.6) is 0 Å². The first-order chi connectivity index (χ1) is 10.0. The predicted octanol–water partition coefficient (Wildman–Crippen LogP) is 3.39. The third-order valence-corrected chi connectivity index (χ3v) is 4.11. The number of nitrogens with two attached hydrogens (primary N) is 1. The molecule has 0 unspecified atom stereocenters. The molecule has 0 amide bonds. The van der Waals surface area contributed by atoms with E-state index >= 15 is 0 Å². The van der Waals surface area contributed by atoms with Crippen LogP contribution in [-0.2, 0) is 16.6 Å². The number of Topliss-reactive ketones (excluding diaryl/α,β-unsaturated/α-hetero) is 1. The van der Waals surface area contributed by atoms with Crippen LogP contribution in [-0.4, -0.2) is 5.78 Å². The Hall–Kier alpha value is -2.23. The summed E-state index contributed by atoms with van der Waals surface area (Å²) in [5.74, 6) is -1.15. The molecule has 108 valence electrons. The fourth-order valence-corrected chi connectivity index (χ4v) is 2.68. The lowest BCUT2D eigenvalue weighted by molar-refractivity contribution is -0.120. The fraction of sp³-hybridized carbons (Fsp3) is 0.235. The molecular weight excluding hydrogens is 272 g/mol. The summed E-state index contributed by atoms with van der Waals surface area (Å²) in [6, 6.07) is 10.4. The first-order valence-corrected chi connectivity index (χ1v) is 6.84. The molecule has 2 nitrogen and oxygen atoms in total. The lowest BCUT2D eigenvalue weighted by Gasteiger charge is -2.15. The van der Waals surface area contributed by atoms with Crippen molar-refractivity contribution in [2.75, 3.05) is 5.73 Å². The zero-order chi connectivity index (χ0) is 15.0. The van der Waals surface area contributed by atoms with Crippen LogP contribution >= 0.6 is 0 Å².